The highest BCUT2D eigenvalue weighted by Gasteiger charge is 2.08. The molecule has 108 valence electrons. The van der Waals surface area contributed by atoms with Crippen LogP contribution in [0, 0.1) is 5.82 Å². The Morgan fingerprint density at radius 2 is 1.81 bits per heavy atom. The average Bonchev–Trinajstić information content (AvgIpc) is 2.45. The van der Waals surface area contributed by atoms with Crippen molar-refractivity contribution < 1.29 is 14.0 Å². The molecule has 2 amide bonds. The molecule has 0 radical (unpaired) electrons. The summed E-state index contributed by atoms with van der Waals surface area (Å²) in [6.07, 6.45) is -0.0341. The van der Waals surface area contributed by atoms with E-state index in [0.29, 0.717) is 16.1 Å². The van der Waals surface area contributed by atoms with Crippen LogP contribution in [0.5, 0.6) is 0 Å². The van der Waals surface area contributed by atoms with Crippen molar-refractivity contribution in [2.45, 2.75) is 6.42 Å². The van der Waals surface area contributed by atoms with Crippen molar-refractivity contribution in [1.82, 2.24) is 10.9 Å². The van der Waals surface area contributed by atoms with E-state index in [2.05, 4.69) is 10.9 Å². The average molecular weight is 307 g/mol. The smallest absolute Gasteiger partial charge is 0.269 e. The Kier molecular flexibility index (Phi) is 4.90. The summed E-state index contributed by atoms with van der Waals surface area (Å²) >= 11 is 5.77. The summed E-state index contributed by atoms with van der Waals surface area (Å²) in [5.41, 5.74) is 5.38. The van der Waals surface area contributed by atoms with E-state index in [-0.39, 0.29) is 6.42 Å². The fourth-order valence-electron chi connectivity index (χ4n) is 1.70. The van der Waals surface area contributed by atoms with Crippen LogP contribution < -0.4 is 10.9 Å². The third-order valence-corrected chi connectivity index (χ3v) is 2.89. The van der Waals surface area contributed by atoms with Gasteiger partial charge in [-0.15, -0.1) is 0 Å². The Labute approximate surface area is 125 Å². The molecule has 21 heavy (non-hydrogen) atoms. The molecule has 0 saturated carbocycles. The van der Waals surface area contributed by atoms with Gasteiger partial charge in [-0.25, -0.2) is 4.39 Å². The number of nitrogens with one attached hydrogen (secondary N) is 2. The van der Waals surface area contributed by atoms with E-state index >= 15 is 0 Å². The van der Waals surface area contributed by atoms with Gasteiger partial charge >= 0.3 is 0 Å². The van der Waals surface area contributed by atoms with E-state index < -0.39 is 17.6 Å². The molecule has 2 aromatic carbocycles. The van der Waals surface area contributed by atoms with Gasteiger partial charge in [0, 0.05) is 10.6 Å². The minimum absolute atomic E-state index is 0.0341. The molecule has 0 unspecified atom stereocenters. The molecule has 6 heteroatoms. The minimum Gasteiger partial charge on any atom is -0.273 e. The monoisotopic (exact) mass is 306 g/mol. The van der Waals surface area contributed by atoms with Crippen molar-refractivity contribution in [1.29, 1.82) is 0 Å². The van der Waals surface area contributed by atoms with E-state index in [0.717, 1.165) is 0 Å². The van der Waals surface area contributed by atoms with Crippen LogP contribution in [0.1, 0.15) is 15.9 Å². The first-order valence-corrected chi connectivity index (χ1v) is 6.51. The molecule has 0 saturated heterocycles. The molecular weight excluding hydrogens is 295 g/mol. The van der Waals surface area contributed by atoms with Gasteiger partial charge in [0.25, 0.3) is 5.91 Å². The van der Waals surface area contributed by atoms with Crippen LogP contribution >= 0.6 is 11.6 Å². The number of carbonyl (C=O) groups is 2. The predicted molar refractivity (Wildman–Crippen MR) is 77.2 cm³/mol. The van der Waals surface area contributed by atoms with Crippen LogP contribution in [0.4, 0.5) is 4.39 Å². The van der Waals surface area contributed by atoms with Crippen molar-refractivity contribution >= 4 is 23.4 Å². The van der Waals surface area contributed by atoms with Crippen molar-refractivity contribution in [3.05, 3.63) is 70.5 Å². The van der Waals surface area contributed by atoms with Crippen molar-refractivity contribution in [3.63, 3.8) is 0 Å². The maximum atomic E-state index is 13.0. The molecule has 0 bridgehead atoms. The van der Waals surface area contributed by atoms with Crippen LogP contribution in [0.15, 0.2) is 48.5 Å². The first-order valence-electron chi connectivity index (χ1n) is 6.14. The highest BCUT2D eigenvalue weighted by Crippen LogP contribution is 2.10. The third-order valence-electron chi connectivity index (χ3n) is 2.66. The lowest BCUT2D eigenvalue weighted by Crippen LogP contribution is -2.42. The summed E-state index contributed by atoms with van der Waals surface area (Å²) in [6.45, 7) is 0. The summed E-state index contributed by atoms with van der Waals surface area (Å²) in [7, 11) is 0. The Morgan fingerprint density at radius 1 is 1.05 bits per heavy atom. The number of hydrogen-bond acceptors (Lipinski definition) is 2. The van der Waals surface area contributed by atoms with Gasteiger partial charge in [0.05, 0.1) is 6.42 Å². The summed E-state index contributed by atoms with van der Waals surface area (Å²) in [4.78, 5) is 23.4. The normalized spacial score (nSPS) is 10.0. The number of amides is 2. The zero-order valence-electron chi connectivity index (χ0n) is 10.9. The van der Waals surface area contributed by atoms with Gasteiger partial charge in [0.1, 0.15) is 5.82 Å². The number of benzene rings is 2. The highest BCUT2D eigenvalue weighted by molar-refractivity contribution is 6.30. The summed E-state index contributed by atoms with van der Waals surface area (Å²) in [6, 6.07) is 12.0. The lowest BCUT2D eigenvalue weighted by Gasteiger charge is -2.07. The van der Waals surface area contributed by atoms with Crippen LogP contribution in [0.2, 0.25) is 5.02 Å². The van der Waals surface area contributed by atoms with Crippen molar-refractivity contribution in [2.24, 2.45) is 0 Å². The van der Waals surface area contributed by atoms with Crippen LogP contribution in [-0.4, -0.2) is 11.8 Å². The summed E-state index contributed by atoms with van der Waals surface area (Å²) in [5.74, 6) is -1.34. The molecule has 0 atom stereocenters. The molecular formula is C15H12ClFN2O2. The Morgan fingerprint density at radius 3 is 2.52 bits per heavy atom. The summed E-state index contributed by atoms with van der Waals surface area (Å²) in [5, 5.41) is 0.425. The standard InChI is InChI=1S/C15H12ClFN2O2/c16-12-5-2-4-11(9-12)15(21)19-18-14(20)8-10-3-1-6-13(17)7-10/h1-7,9H,8H2,(H,18,20)(H,19,21). The maximum Gasteiger partial charge on any atom is 0.269 e. The number of rotatable bonds is 3. The van der Waals surface area contributed by atoms with Gasteiger partial charge < -0.3 is 0 Å². The topological polar surface area (TPSA) is 58.2 Å². The highest BCUT2D eigenvalue weighted by atomic mass is 35.5. The maximum absolute atomic E-state index is 13.0. The van der Waals surface area contributed by atoms with Gasteiger partial charge in [-0.2, -0.15) is 0 Å². The van der Waals surface area contributed by atoms with Gasteiger partial charge in [-0.1, -0.05) is 29.8 Å². The number of carbonyl (C=O) groups excluding carboxylic acids is 2. The molecule has 0 aliphatic carbocycles. The first-order chi connectivity index (χ1) is 10.0. The number of hydrazine groups is 1. The van der Waals surface area contributed by atoms with Gasteiger partial charge in [-0.05, 0) is 35.9 Å². The second-order valence-corrected chi connectivity index (χ2v) is 4.76. The lowest BCUT2D eigenvalue weighted by molar-refractivity contribution is -0.121. The summed E-state index contributed by atoms with van der Waals surface area (Å²) < 4.78 is 13.0. The van der Waals surface area contributed by atoms with Crippen molar-refractivity contribution in [3.8, 4) is 0 Å². The molecule has 0 fully saturated rings. The molecule has 0 aromatic heterocycles. The fourth-order valence-corrected chi connectivity index (χ4v) is 1.90. The van der Waals surface area contributed by atoms with E-state index in [1.165, 1.54) is 24.3 Å². The van der Waals surface area contributed by atoms with Gasteiger partial charge in [-0.3, -0.25) is 20.4 Å². The van der Waals surface area contributed by atoms with Crippen LogP contribution in [0.3, 0.4) is 0 Å². The van der Waals surface area contributed by atoms with Gasteiger partial charge in [0.2, 0.25) is 5.91 Å². The first kappa shape index (κ1) is 15.0. The van der Waals surface area contributed by atoms with E-state index in [1.54, 1.807) is 24.3 Å². The Balaban J connectivity index is 1.88. The SMILES string of the molecule is O=C(Cc1cccc(F)c1)NNC(=O)c1cccc(Cl)c1. The molecule has 0 heterocycles. The molecule has 2 aromatic rings. The van der Waals surface area contributed by atoms with Crippen LogP contribution in [-0.2, 0) is 11.2 Å². The van der Waals surface area contributed by atoms with Gasteiger partial charge in [0.15, 0.2) is 0 Å². The zero-order chi connectivity index (χ0) is 15.2. The number of hydrogen-bond donors (Lipinski definition) is 2. The molecule has 0 aliphatic heterocycles. The molecule has 2 rings (SSSR count). The largest absolute Gasteiger partial charge is 0.273 e. The van der Waals surface area contributed by atoms with E-state index in [4.69, 9.17) is 11.6 Å². The molecule has 0 spiro atoms. The lowest BCUT2D eigenvalue weighted by atomic mass is 10.1. The van der Waals surface area contributed by atoms with E-state index in [1.807, 2.05) is 0 Å². The zero-order valence-corrected chi connectivity index (χ0v) is 11.7. The molecule has 4 nitrogen and oxygen atoms in total. The Hall–Kier alpha value is -2.40. The second-order valence-electron chi connectivity index (χ2n) is 4.32. The van der Waals surface area contributed by atoms with Crippen molar-refractivity contribution in [2.75, 3.05) is 0 Å². The predicted octanol–water partition coefficient (Wildman–Crippen LogP) is 2.48. The number of halogens is 2. The Bertz CT molecular complexity index is 676. The minimum atomic E-state index is -0.481. The molecule has 0 aliphatic rings. The van der Waals surface area contributed by atoms with Crippen LogP contribution in [0.25, 0.3) is 0 Å². The second kappa shape index (κ2) is 6.85. The fraction of sp³-hybridized carbons (Fsp3) is 0.0667. The quantitative estimate of drug-likeness (QED) is 0.856. The molecule has 2 N–H and O–H groups in total. The third kappa shape index (κ3) is 4.57. The van der Waals surface area contributed by atoms with E-state index in [9.17, 15) is 14.0 Å².